The van der Waals surface area contributed by atoms with Crippen LogP contribution in [0.4, 0.5) is 5.82 Å². The number of nitrogens with zero attached hydrogens (tertiary/aromatic N) is 4. The molecular formula is C25H28N4O2. The molecule has 1 aliphatic heterocycles. The molecule has 0 saturated carbocycles. The molecule has 3 aromatic rings. The normalized spacial score (nSPS) is 13.9. The summed E-state index contributed by atoms with van der Waals surface area (Å²) in [6, 6.07) is 17.9. The van der Waals surface area contributed by atoms with Crippen LogP contribution < -0.4 is 9.64 Å². The van der Waals surface area contributed by atoms with Crippen molar-refractivity contribution in [3.05, 3.63) is 71.9 Å². The van der Waals surface area contributed by atoms with E-state index in [9.17, 15) is 4.79 Å². The highest BCUT2D eigenvalue weighted by Crippen LogP contribution is 2.21. The van der Waals surface area contributed by atoms with Crippen LogP contribution in [0.3, 0.4) is 0 Å². The van der Waals surface area contributed by atoms with Crippen LogP contribution in [0.15, 0.2) is 60.8 Å². The summed E-state index contributed by atoms with van der Waals surface area (Å²) in [7, 11) is 0. The molecule has 1 amide bonds. The molecule has 2 heterocycles. The Morgan fingerprint density at radius 3 is 2.52 bits per heavy atom. The maximum absolute atomic E-state index is 12.6. The molecule has 0 atom stereocenters. The van der Waals surface area contributed by atoms with Crippen LogP contribution in [0.25, 0.3) is 11.4 Å². The van der Waals surface area contributed by atoms with Crippen LogP contribution in [0.5, 0.6) is 5.75 Å². The highest BCUT2D eigenvalue weighted by Gasteiger charge is 2.22. The summed E-state index contributed by atoms with van der Waals surface area (Å²) < 4.78 is 5.85. The molecule has 4 rings (SSSR count). The van der Waals surface area contributed by atoms with Gasteiger partial charge in [0.2, 0.25) is 5.91 Å². The van der Waals surface area contributed by atoms with Gasteiger partial charge in [-0.05, 0) is 37.1 Å². The van der Waals surface area contributed by atoms with Gasteiger partial charge in [-0.25, -0.2) is 9.97 Å². The Morgan fingerprint density at radius 1 is 0.968 bits per heavy atom. The zero-order valence-corrected chi connectivity index (χ0v) is 18.1. The van der Waals surface area contributed by atoms with Gasteiger partial charge in [0.05, 0.1) is 13.0 Å². The summed E-state index contributed by atoms with van der Waals surface area (Å²) in [5.41, 5.74) is 3.32. The summed E-state index contributed by atoms with van der Waals surface area (Å²) in [5, 5.41) is 0. The molecule has 1 aliphatic rings. The number of anilines is 1. The molecule has 0 aliphatic carbocycles. The maximum atomic E-state index is 12.6. The van der Waals surface area contributed by atoms with Crippen molar-refractivity contribution in [2.45, 2.75) is 20.3 Å². The predicted molar refractivity (Wildman–Crippen MR) is 122 cm³/mol. The molecule has 1 saturated heterocycles. The molecule has 6 heteroatoms. The number of aromatic nitrogens is 2. The van der Waals surface area contributed by atoms with Crippen molar-refractivity contribution in [3.63, 3.8) is 0 Å². The molecule has 0 bridgehead atoms. The topological polar surface area (TPSA) is 58.6 Å². The van der Waals surface area contributed by atoms with E-state index in [1.54, 1.807) is 6.20 Å². The van der Waals surface area contributed by atoms with Gasteiger partial charge in [0, 0.05) is 37.9 Å². The monoisotopic (exact) mass is 416 g/mol. The molecule has 0 radical (unpaired) electrons. The van der Waals surface area contributed by atoms with Gasteiger partial charge in [-0.1, -0.05) is 42.5 Å². The Kier molecular flexibility index (Phi) is 6.46. The smallest absolute Gasteiger partial charge is 0.226 e. The van der Waals surface area contributed by atoms with Gasteiger partial charge >= 0.3 is 0 Å². The van der Waals surface area contributed by atoms with Gasteiger partial charge in [0.15, 0.2) is 5.82 Å². The number of rotatable bonds is 6. The van der Waals surface area contributed by atoms with E-state index < -0.39 is 0 Å². The average Bonchev–Trinajstić information content (AvgIpc) is 2.82. The Morgan fingerprint density at radius 2 is 1.74 bits per heavy atom. The lowest BCUT2D eigenvalue weighted by atomic mass is 10.1. The second-order valence-electron chi connectivity index (χ2n) is 7.77. The predicted octanol–water partition coefficient (Wildman–Crippen LogP) is 3.88. The second-order valence-corrected chi connectivity index (χ2v) is 7.77. The maximum Gasteiger partial charge on any atom is 0.226 e. The first-order valence-electron chi connectivity index (χ1n) is 10.7. The Labute approximate surface area is 183 Å². The van der Waals surface area contributed by atoms with E-state index >= 15 is 0 Å². The lowest BCUT2D eigenvalue weighted by Crippen LogP contribution is -2.49. The number of aryl methyl sites for hydroxylation is 1. The standard InChI is InChI=1S/C25H28N4O2/c1-19-7-6-10-22(20(19)2)31-18-12-24(30)29-16-14-28(15-17-29)23-11-13-26-25(27-23)21-8-4-3-5-9-21/h3-11,13H,12,14-18H2,1-2H3. The molecule has 1 fully saturated rings. The summed E-state index contributed by atoms with van der Waals surface area (Å²) in [6.07, 6.45) is 2.19. The van der Waals surface area contributed by atoms with Crippen LogP contribution in [0.2, 0.25) is 0 Å². The number of piperazine rings is 1. The van der Waals surface area contributed by atoms with Gasteiger partial charge in [-0.15, -0.1) is 0 Å². The number of ether oxygens (including phenoxy) is 1. The number of hydrogen-bond acceptors (Lipinski definition) is 5. The fraction of sp³-hybridized carbons (Fsp3) is 0.320. The van der Waals surface area contributed by atoms with Crippen LogP contribution >= 0.6 is 0 Å². The summed E-state index contributed by atoms with van der Waals surface area (Å²) in [6.45, 7) is 7.40. The van der Waals surface area contributed by atoms with Crippen molar-refractivity contribution in [3.8, 4) is 17.1 Å². The van der Waals surface area contributed by atoms with Gasteiger partial charge in [-0.2, -0.15) is 0 Å². The van der Waals surface area contributed by atoms with E-state index in [0.717, 1.165) is 41.6 Å². The van der Waals surface area contributed by atoms with Crippen LogP contribution in [0, 0.1) is 13.8 Å². The van der Waals surface area contributed by atoms with Crippen LogP contribution in [-0.4, -0.2) is 53.6 Å². The van der Waals surface area contributed by atoms with Crippen molar-refractivity contribution in [2.24, 2.45) is 0 Å². The average molecular weight is 417 g/mol. The van der Waals surface area contributed by atoms with Gasteiger partial charge < -0.3 is 14.5 Å². The summed E-state index contributed by atoms with van der Waals surface area (Å²) >= 11 is 0. The van der Waals surface area contributed by atoms with Gasteiger partial charge in [-0.3, -0.25) is 4.79 Å². The lowest BCUT2D eigenvalue weighted by Gasteiger charge is -2.35. The highest BCUT2D eigenvalue weighted by molar-refractivity contribution is 5.76. The minimum Gasteiger partial charge on any atom is -0.493 e. The van der Waals surface area contributed by atoms with E-state index in [-0.39, 0.29) is 5.91 Å². The molecule has 0 spiro atoms. The van der Waals surface area contributed by atoms with E-state index in [2.05, 4.69) is 22.9 Å². The minimum atomic E-state index is 0.137. The quantitative estimate of drug-likeness (QED) is 0.610. The zero-order chi connectivity index (χ0) is 21.6. The van der Waals surface area contributed by atoms with Crippen molar-refractivity contribution in [1.29, 1.82) is 0 Å². The molecular weight excluding hydrogens is 388 g/mol. The fourth-order valence-electron chi connectivity index (χ4n) is 3.72. The largest absolute Gasteiger partial charge is 0.493 e. The lowest BCUT2D eigenvalue weighted by molar-refractivity contribution is -0.132. The third-order valence-electron chi connectivity index (χ3n) is 5.76. The molecule has 0 unspecified atom stereocenters. The molecule has 160 valence electrons. The first-order valence-corrected chi connectivity index (χ1v) is 10.7. The Balaban J connectivity index is 1.28. The third kappa shape index (κ3) is 5.02. The van der Waals surface area contributed by atoms with Gasteiger partial charge in [0.1, 0.15) is 11.6 Å². The minimum absolute atomic E-state index is 0.137. The third-order valence-corrected chi connectivity index (χ3v) is 5.76. The van der Waals surface area contributed by atoms with Crippen molar-refractivity contribution in [2.75, 3.05) is 37.7 Å². The molecule has 6 nitrogen and oxygen atoms in total. The number of benzene rings is 2. The SMILES string of the molecule is Cc1cccc(OCCC(=O)N2CCN(c3ccnc(-c4ccccc4)n3)CC2)c1C. The van der Waals surface area contributed by atoms with E-state index in [0.29, 0.717) is 26.1 Å². The molecule has 0 N–H and O–H groups in total. The molecule has 1 aromatic heterocycles. The molecule has 2 aromatic carbocycles. The highest BCUT2D eigenvalue weighted by atomic mass is 16.5. The summed E-state index contributed by atoms with van der Waals surface area (Å²) in [4.78, 5) is 25.9. The Bertz CT molecular complexity index is 1030. The van der Waals surface area contributed by atoms with Crippen molar-refractivity contribution >= 4 is 11.7 Å². The number of carbonyl (C=O) groups is 1. The number of hydrogen-bond donors (Lipinski definition) is 0. The fourth-order valence-corrected chi connectivity index (χ4v) is 3.72. The number of carbonyl (C=O) groups excluding carboxylic acids is 1. The number of amides is 1. The van der Waals surface area contributed by atoms with Gasteiger partial charge in [0.25, 0.3) is 0 Å². The van der Waals surface area contributed by atoms with E-state index in [1.165, 1.54) is 5.56 Å². The van der Waals surface area contributed by atoms with Crippen molar-refractivity contribution < 1.29 is 9.53 Å². The Hall–Kier alpha value is -3.41. The summed E-state index contributed by atoms with van der Waals surface area (Å²) in [5.74, 6) is 2.62. The van der Waals surface area contributed by atoms with Crippen LogP contribution in [0.1, 0.15) is 17.5 Å². The van der Waals surface area contributed by atoms with Crippen LogP contribution in [-0.2, 0) is 4.79 Å². The first kappa shape index (κ1) is 20.8. The van der Waals surface area contributed by atoms with E-state index in [1.807, 2.05) is 60.4 Å². The van der Waals surface area contributed by atoms with Crippen molar-refractivity contribution in [1.82, 2.24) is 14.9 Å². The first-order chi connectivity index (χ1) is 15.1. The second kappa shape index (κ2) is 9.60. The molecule has 31 heavy (non-hydrogen) atoms. The van der Waals surface area contributed by atoms with E-state index in [4.69, 9.17) is 9.72 Å². The zero-order valence-electron chi connectivity index (χ0n) is 18.1.